The topological polar surface area (TPSA) is 46.1 Å². The monoisotopic (exact) mass is 203 g/mol. The molecule has 1 fully saturated rings. The van der Waals surface area contributed by atoms with E-state index in [1.54, 1.807) is 10.4 Å². The Hall–Kier alpha value is -0.680. The Morgan fingerprint density at radius 2 is 2.58 bits per heavy atom. The first kappa shape index (κ1) is 7.94. The zero-order chi connectivity index (χ0) is 8.55. The molecule has 0 N–H and O–H groups in total. The Balaban J connectivity index is 2.21. The lowest BCUT2D eigenvalue weighted by atomic mass is 10.4. The molecule has 0 radical (unpaired) electrons. The van der Waals surface area contributed by atoms with E-state index in [0.717, 1.165) is 0 Å². The molecule has 12 heavy (non-hydrogen) atoms. The summed E-state index contributed by atoms with van der Waals surface area (Å²) in [6.07, 6.45) is 0.404. The fourth-order valence-electron chi connectivity index (χ4n) is 1.13. The summed E-state index contributed by atoms with van der Waals surface area (Å²) in [6.45, 7) is 0.551. The van der Waals surface area contributed by atoms with Crippen molar-refractivity contribution in [3.63, 3.8) is 0 Å². The maximum absolute atomic E-state index is 11.3. The van der Waals surface area contributed by atoms with Gasteiger partial charge in [-0.25, -0.2) is 0 Å². The minimum Gasteiger partial charge on any atom is -0.285 e. The number of hydrogen-bond donors (Lipinski definition) is 0. The molecule has 1 saturated heterocycles. The second-order valence-corrected chi connectivity index (χ2v) is 3.96. The molecule has 2 rings (SSSR count). The highest BCUT2D eigenvalue weighted by Crippen LogP contribution is 2.24. The highest BCUT2D eigenvalue weighted by Gasteiger charge is 2.30. The van der Waals surface area contributed by atoms with Crippen LogP contribution in [0.5, 0.6) is 0 Å². The van der Waals surface area contributed by atoms with E-state index in [2.05, 4.69) is 10.2 Å². The van der Waals surface area contributed by atoms with Gasteiger partial charge in [0.2, 0.25) is 11.0 Å². The van der Waals surface area contributed by atoms with Gasteiger partial charge in [0, 0.05) is 13.0 Å². The van der Waals surface area contributed by atoms with E-state index in [1.807, 2.05) is 0 Å². The lowest BCUT2D eigenvalue weighted by molar-refractivity contribution is -0.117. The standard InChI is InChI=1S/C6H6ClN3OS/c7-4-1-5(11)10(2-4)6-9-8-3-12-6/h3-4H,1-2H2. The molecule has 1 atom stereocenters. The number of halogens is 1. The van der Waals surface area contributed by atoms with Gasteiger partial charge in [-0.05, 0) is 0 Å². The summed E-state index contributed by atoms with van der Waals surface area (Å²) < 4.78 is 0. The Labute approximate surface area is 78.2 Å². The van der Waals surface area contributed by atoms with Crippen LogP contribution in [0.3, 0.4) is 0 Å². The van der Waals surface area contributed by atoms with E-state index >= 15 is 0 Å². The summed E-state index contributed by atoms with van der Waals surface area (Å²) in [5, 5.41) is 8.02. The summed E-state index contributed by atoms with van der Waals surface area (Å²) >= 11 is 7.16. The van der Waals surface area contributed by atoms with Crippen molar-refractivity contribution in [2.75, 3.05) is 11.4 Å². The first-order valence-corrected chi connectivity index (χ1v) is 4.79. The van der Waals surface area contributed by atoms with Gasteiger partial charge in [-0.2, -0.15) is 0 Å². The van der Waals surface area contributed by atoms with Crippen LogP contribution in [0.2, 0.25) is 0 Å². The van der Waals surface area contributed by atoms with Crippen LogP contribution in [0.15, 0.2) is 5.51 Å². The van der Waals surface area contributed by atoms with Crippen molar-refractivity contribution in [1.29, 1.82) is 0 Å². The molecule has 0 aliphatic carbocycles. The summed E-state index contributed by atoms with van der Waals surface area (Å²) in [7, 11) is 0. The second kappa shape index (κ2) is 2.99. The zero-order valence-corrected chi connectivity index (χ0v) is 7.68. The molecule has 64 valence electrons. The quantitative estimate of drug-likeness (QED) is 0.637. The smallest absolute Gasteiger partial charge is 0.230 e. The van der Waals surface area contributed by atoms with Gasteiger partial charge in [-0.3, -0.25) is 9.69 Å². The fourth-order valence-corrected chi connectivity index (χ4v) is 1.99. The zero-order valence-electron chi connectivity index (χ0n) is 6.11. The van der Waals surface area contributed by atoms with E-state index < -0.39 is 0 Å². The Bertz CT molecular complexity index is 289. The molecule has 4 nitrogen and oxygen atoms in total. The van der Waals surface area contributed by atoms with E-state index in [0.29, 0.717) is 18.1 Å². The van der Waals surface area contributed by atoms with Crippen LogP contribution >= 0.6 is 22.9 Å². The van der Waals surface area contributed by atoms with Crippen LogP contribution in [0, 0.1) is 0 Å². The largest absolute Gasteiger partial charge is 0.285 e. The van der Waals surface area contributed by atoms with Crippen LogP contribution < -0.4 is 4.90 Å². The fraction of sp³-hybridized carbons (Fsp3) is 0.500. The normalized spacial score (nSPS) is 23.6. The molecule has 1 aromatic heterocycles. The molecule has 1 amide bonds. The number of amides is 1. The van der Waals surface area contributed by atoms with Gasteiger partial charge in [0.25, 0.3) is 0 Å². The third-order valence-electron chi connectivity index (χ3n) is 1.66. The molecule has 1 aliphatic rings. The van der Waals surface area contributed by atoms with Crippen LogP contribution in [0.4, 0.5) is 5.13 Å². The molecule has 1 aromatic rings. The Morgan fingerprint density at radius 3 is 3.08 bits per heavy atom. The maximum Gasteiger partial charge on any atom is 0.230 e. The number of nitrogens with zero attached hydrogens (tertiary/aromatic N) is 3. The second-order valence-electron chi connectivity index (χ2n) is 2.53. The third kappa shape index (κ3) is 1.30. The maximum atomic E-state index is 11.3. The van der Waals surface area contributed by atoms with Crippen LogP contribution in [-0.4, -0.2) is 28.0 Å². The number of anilines is 1. The molecule has 0 bridgehead atoms. The first-order chi connectivity index (χ1) is 5.77. The molecule has 1 aliphatic heterocycles. The van der Waals surface area contributed by atoms with Crippen molar-refractivity contribution in [3.8, 4) is 0 Å². The van der Waals surface area contributed by atoms with E-state index in [4.69, 9.17) is 11.6 Å². The molecular weight excluding hydrogens is 198 g/mol. The average molecular weight is 204 g/mol. The van der Waals surface area contributed by atoms with E-state index in [-0.39, 0.29) is 11.3 Å². The predicted octanol–water partition coefficient (Wildman–Crippen LogP) is 0.882. The number of carbonyl (C=O) groups is 1. The van der Waals surface area contributed by atoms with Gasteiger partial charge in [0.15, 0.2) is 0 Å². The van der Waals surface area contributed by atoms with Crippen LogP contribution in [0.25, 0.3) is 0 Å². The number of alkyl halides is 1. The lowest BCUT2D eigenvalue weighted by Crippen LogP contribution is -2.24. The van der Waals surface area contributed by atoms with Gasteiger partial charge in [0.1, 0.15) is 5.51 Å². The molecule has 0 spiro atoms. The molecular formula is C6H6ClN3OS. The van der Waals surface area contributed by atoms with Crippen molar-refractivity contribution in [2.45, 2.75) is 11.8 Å². The summed E-state index contributed by atoms with van der Waals surface area (Å²) in [4.78, 5) is 12.8. The highest BCUT2D eigenvalue weighted by molar-refractivity contribution is 7.13. The predicted molar refractivity (Wildman–Crippen MR) is 46.5 cm³/mol. The van der Waals surface area contributed by atoms with E-state index in [9.17, 15) is 4.79 Å². The minimum absolute atomic E-state index is 0.0340. The molecule has 0 aromatic carbocycles. The number of rotatable bonds is 1. The van der Waals surface area contributed by atoms with Crippen molar-refractivity contribution >= 4 is 34.0 Å². The minimum atomic E-state index is -0.0820. The lowest BCUT2D eigenvalue weighted by Gasteiger charge is -2.09. The average Bonchev–Trinajstić information content (AvgIpc) is 2.58. The Morgan fingerprint density at radius 1 is 1.75 bits per heavy atom. The molecule has 6 heteroatoms. The van der Waals surface area contributed by atoms with Gasteiger partial charge in [-0.1, -0.05) is 11.3 Å². The molecule has 0 saturated carbocycles. The van der Waals surface area contributed by atoms with Crippen molar-refractivity contribution < 1.29 is 4.79 Å². The molecule has 2 heterocycles. The van der Waals surface area contributed by atoms with Crippen molar-refractivity contribution in [1.82, 2.24) is 10.2 Å². The highest BCUT2D eigenvalue weighted by atomic mass is 35.5. The number of carbonyl (C=O) groups excluding carboxylic acids is 1. The van der Waals surface area contributed by atoms with Crippen LogP contribution in [-0.2, 0) is 4.79 Å². The van der Waals surface area contributed by atoms with Gasteiger partial charge in [0.05, 0.1) is 5.38 Å². The third-order valence-corrected chi connectivity index (χ3v) is 2.66. The van der Waals surface area contributed by atoms with Crippen LogP contribution in [0.1, 0.15) is 6.42 Å². The van der Waals surface area contributed by atoms with Crippen molar-refractivity contribution in [2.24, 2.45) is 0 Å². The van der Waals surface area contributed by atoms with Gasteiger partial charge >= 0.3 is 0 Å². The summed E-state index contributed by atoms with van der Waals surface area (Å²) in [6, 6.07) is 0. The Kier molecular flexibility index (Phi) is 1.98. The SMILES string of the molecule is O=C1CC(Cl)CN1c1nncs1. The molecule has 1 unspecified atom stereocenters. The van der Waals surface area contributed by atoms with Crippen molar-refractivity contribution in [3.05, 3.63) is 5.51 Å². The number of hydrogen-bond acceptors (Lipinski definition) is 4. The summed E-state index contributed by atoms with van der Waals surface area (Å²) in [5.74, 6) is 0.0340. The van der Waals surface area contributed by atoms with Gasteiger partial charge in [-0.15, -0.1) is 21.8 Å². The number of aromatic nitrogens is 2. The van der Waals surface area contributed by atoms with Gasteiger partial charge < -0.3 is 0 Å². The summed E-state index contributed by atoms with van der Waals surface area (Å²) in [5.41, 5.74) is 1.60. The van der Waals surface area contributed by atoms with E-state index in [1.165, 1.54) is 11.3 Å². The first-order valence-electron chi connectivity index (χ1n) is 3.48.